The average molecular weight is 191 g/mol. The van der Waals surface area contributed by atoms with Gasteiger partial charge in [-0.05, 0) is 6.42 Å². The number of carbonyl (C=O) groups is 2. The molecule has 0 spiro atoms. The van der Waals surface area contributed by atoms with E-state index in [9.17, 15) is 9.59 Å². The van der Waals surface area contributed by atoms with E-state index in [1.165, 1.54) is 0 Å². The molecule has 5 heteroatoms. The van der Waals surface area contributed by atoms with Gasteiger partial charge in [-0.25, -0.2) is 0 Å². The zero-order valence-corrected chi connectivity index (χ0v) is 7.76. The number of hydrogen-bond acceptors (Lipinski definition) is 4. The second kappa shape index (κ2) is 6.02. The van der Waals surface area contributed by atoms with Crippen molar-refractivity contribution in [2.45, 2.75) is 25.8 Å². The van der Waals surface area contributed by atoms with E-state index in [1.54, 1.807) is 0 Å². The first-order valence-electron chi connectivity index (χ1n) is 3.72. The molecule has 0 rings (SSSR count). The molecule has 12 heavy (non-hydrogen) atoms. The monoisotopic (exact) mass is 191 g/mol. The number of hydrogen-bond donors (Lipinski definition) is 2. The van der Waals surface area contributed by atoms with Crippen LogP contribution < -0.4 is 5.73 Å². The molecule has 1 unspecified atom stereocenters. The van der Waals surface area contributed by atoms with Crippen molar-refractivity contribution in [3.63, 3.8) is 0 Å². The summed E-state index contributed by atoms with van der Waals surface area (Å²) in [5.41, 5.74) is 5.19. The number of thioether (sulfide) groups is 1. The Bertz CT molecular complexity index is 172. The number of carboxylic acid groups (broad SMARTS) is 1. The number of carbonyl (C=O) groups excluding carboxylic acids is 1. The van der Waals surface area contributed by atoms with Crippen LogP contribution in [0, 0.1) is 0 Å². The second-order valence-electron chi connectivity index (χ2n) is 2.38. The Morgan fingerprint density at radius 1 is 1.58 bits per heavy atom. The molecule has 0 bridgehead atoms. The Hall–Kier alpha value is -0.550. The summed E-state index contributed by atoms with van der Waals surface area (Å²) in [4.78, 5) is 21.1. The van der Waals surface area contributed by atoms with Crippen LogP contribution in [-0.2, 0) is 9.59 Å². The molecule has 0 aliphatic heterocycles. The normalized spacial score (nSPS) is 12.5. The summed E-state index contributed by atoms with van der Waals surface area (Å²) in [6.07, 6.45) is 1.27. The molecule has 0 radical (unpaired) electrons. The number of carboxylic acids is 1. The molecular formula is C7H13NO3S. The van der Waals surface area contributed by atoms with Gasteiger partial charge >= 0.3 is 5.97 Å². The van der Waals surface area contributed by atoms with Crippen LogP contribution in [-0.4, -0.2) is 28.0 Å². The van der Waals surface area contributed by atoms with Crippen LogP contribution in [0.3, 0.4) is 0 Å². The minimum atomic E-state index is -1.06. The molecule has 0 saturated heterocycles. The summed E-state index contributed by atoms with van der Waals surface area (Å²) < 4.78 is 0. The maximum absolute atomic E-state index is 10.9. The van der Waals surface area contributed by atoms with E-state index < -0.39 is 12.0 Å². The molecule has 0 aliphatic carbocycles. The summed E-state index contributed by atoms with van der Waals surface area (Å²) >= 11 is 0.993. The van der Waals surface area contributed by atoms with Crippen molar-refractivity contribution in [2.75, 3.05) is 5.75 Å². The standard InChI is InChI=1S/C7H13NO3S/c1-2-3-6(9)12-4-5(8)7(10)11/h5H,2-4,8H2,1H3,(H,10,11). The van der Waals surface area contributed by atoms with Gasteiger partial charge in [-0.1, -0.05) is 18.7 Å². The Morgan fingerprint density at radius 3 is 2.58 bits per heavy atom. The van der Waals surface area contributed by atoms with Gasteiger partial charge in [0.15, 0.2) is 5.12 Å². The average Bonchev–Trinajstić information content (AvgIpc) is 2.00. The molecular weight excluding hydrogens is 178 g/mol. The first-order chi connectivity index (χ1) is 5.57. The van der Waals surface area contributed by atoms with Gasteiger partial charge in [0.25, 0.3) is 0 Å². The van der Waals surface area contributed by atoms with Gasteiger partial charge in [-0.15, -0.1) is 0 Å². The van der Waals surface area contributed by atoms with Gasteiger partial charge in [0, 0.05) is 12.2 Å². The van der Waals surface area contributed by atoms with Crippen LogP contribution in [0.25, 0.3) is 0 Å². The van der Waals surface area contributed by atoms with Crippen LogP contribution in [0.4, 0.5) is 0 Å². The molecule has 3 N–H and O–H groups in total. The number of aliphatic carboxylic acids is 1. The molecule has 70 valence electrons. The fourth-order valence-corrected chi connectivity index (χ4v) is 1.39. The first kappa shape index (κ1) is 11.4. The predicted molar refractivity (Wildman–Crippen MR) is 48.0 cm³/mol. The Kier molecular flexibility index (Phi) is 5.74. The van der Waals surface area contributed by atoms with Crippen molar-refractivity contribution < 1.29 is 14.7 Å². The third-order valence-electron chi connectivity index (χ3n) is 1.20. The van der Waals surface area contributed by atoms with Gasteiger partial charge in [0.1, 0.15) is 6.04 Å². The fourth-order valence-electron chi connectivity index (χ4n) is 0.530. The third-order valence-corrected chi connectivity index (χ3v) is 2.25. The molecule has 4 nitrogen and oxygen atoms in total. The maximum atomic E-state index is 10.9. The lowest BCUT2D eigenvalue weighted by atomic mass is 10.4. The van der Waals surface area contributed by atoms with E-state index in [4.69, 9.17) is 10.8 Å². The van der Waals surface area contributed by atoms with Crippen LogP contribution in [0.1, 0.15) is 19.8 Å². The zero-order chi connectivity index (χ0) is 9.56. The quantitative estimate of drug-likeness (QED) is 0.659. The highest BCUT2D eigenvalue weighted by Gasteiger charge is 2.13. The van der Waals surface area contributed by atoms with Crippen molar-refractivity contribution in [3.05, 3.63) is 0 Å². The molecule has 0 aromatic rings. The highest BCUT2D eigenvalue weighted by Crippen LogP contribution is 2.07. The number of rotatable bonds is 5. The van der Waals surface area contributed by atoms with Crippen molar-refractivity contribution in [1.29, 1.82) is 0 Å². The molecule has 1 atom stereocenters. The van der Waals surface area contributed by atoms with Crippen LogP contribution in [0.5, 0.6) is 0 Å². The van der Waals surface area contributed by atoms with Crippen molar-refractivity contribution in [2.24, 2.45) is 5.73 Å². The van der Waals surface area contributed by atoms with Crippen LogP contribution >= 0.6 is 11.8 Å². The summed E-state index contributed by atoms with van der Waals surface area (Å²) in [7, 11) is 0. The van der Waals surface area contributed by atoms with Gasteiger partial charge in [0.05, 0.1) is 0 Å². The topological polar surface area (TPSA) is 80.4 Å². The summed E-state index contributed by atoms with van der Waals surface area (Å²) in [6.45, 7) is 1.90. The van der Waals surface area contributed by atoms with E-state index in [-0.39, 0.29) is 10.9 Å². The highest BCUT2D eigenvalue weighted by atomic mass is 32.2. The van der Waals surface area contributed by atoms with Crippen LogP contribution in [0.2, 0.25) is 0 Å². The van der Waals surface area contributed by atoms with Gasteiger partial charge in [0.2, 0.25) is 0 Å². The predicted octanol–water partition coefficient (Wildman–Crippen LogP) is 0.458. The summed E-state index contributed by atoms with van der Waals surface area (Å²) in [6, 6.07) is -0.934. The molecule has 0 amide bonds. The smallest absolute Gasteiger partial charge is 0.321 e. The van der Waals surface area contributed by atoms with E-state index in [0.29, 0.717) is 6.42 Å². The molecule has 0 fully saturated rings. The van der Waals surface area contributed by atoms with Gasteiger partial charge in [-0.2, -0.15) is 0 Å². The van der Waals surface area contributed by atoms with Crippen molar-refractivity contribution >= 4 is 22.8 Å². The second-order valence-corrected chi connectivity index (χ2v) is 3.46. The molecule has 0 aromatic carbocycles. The van der Waals surface area contributed by atoms with E-state index in [1.807, 2.05) is 6.92 Å². The Morgan fingerprint density at radius 2 is 2.17 bits per heavy atom. The van der Waals surface area contributed by atoms with E-state index >= 15 is 0 Å². The van der Waals surface area contributed by atoms with Crippen molar-refractivity contribution in [1.82, 2.24) is 0 Å². The minimum Gasteiger partial charge on any atom is -0.480 e. The summed E-state index contributed by atoms with van der Waals surface area (Å²) in [5.74, 6) is -0.902. The third kappa shape index (κ3) is 5.15. The molecule has 0 heterocycles. The number of nitrogens with two attached hydrogens (primary N) is 1. The summed E-state index contributed by atoms with van der Waals surface area (Å²) in [5, 5.41) is 8.38. The lowest BCUT2D eigenvalue weighted by Crippen LogP contribution is -2.32. The highest BCUT2D eigenvalue weighted by molar-refractivity contribution is 8.13. The SMILES string of the molecule is CCCC(=O)SCC(N)C(=O)O. The molecule has 0 aromatic heterocycles. The lowest BCUT2D eigenvalue weighted by Gasteiger charge is -2.03. The van der Waals surface area contributed by atoms with Gasteiger partial charge in [-0.3, -0.25) is 9.59 Å². The van der Waals surface area contributed by atoms with Crippen LogP contribution in [0.15, 0.2) is 0 Å². The maximum Gasteiger partial charge on any atom is 0.321 e. The van der Waals surface area contributed by atoms with E-state index in [0.717, 1.165) is 18.2 Å². The lowest BCUT2D eigenvalue weighted by molar-refractivity contribution is -0.137. The minimum absolute atomic E-state index is 0.00852. The Labute approximate surface area is 75.5 Å². The largest absolute Gasteiger partial charge is 0.480 e. The fraction of sp³-hybridized carbons (Fsp3) is 0.714. The van der Waals surface area contributed by atoms with E-state index in [2.05, 4.69) is 0 Å². The molecule has 0 aliphatic rings. The molecule has 0 saturated carbocycles. The van der Waals surface area contributed by atoms with Gasteiger partial charge < -0.3 is 10.8 Å². The Balaban J connectivity index is 3.54. The van der Waals surface area contributed by atoms with Crippen molar-refractivity contribution in [3.8, 4) is 0 Å². The first-order valence-corrected chi connectivity index (χ1v) is 4.70. The zero-order valence-electron chi connectivity index (χ0n) is 6.95.